The van der Waals surface area contributed by atoms with Gasteiger partial charge in [-0.2, -0.15) is 0 Å². The number of anilines is 1. The van der Waals surface area contributed by atoms with Crippen molar-refractivity contribution in [3.63, 3.8) is 0 Å². The number of carbonyl (C=O) groups is 3. The molecule has 1 aliphatic heterocycles. The highest BCUT2D eigenvalue weighted by Crippen LogP contribution is 2.32. The third kappa shape index (κ3) is 2.60. The van der Waals surface area contributed by atoms with Gasteiger partial charge in [0.15, 0.2) is 0 Å². The number of hydrogen-bond donors (Lipinski definition) is 2. The van der Waals surface area contributed by atoms with Crippen LogP contribution >= 0.6 is 11.6 Å². The fraction of sp³-hybridized carbons (Fsp3) is 0.308. The Hall–Kier alpha value is -2.08. The highest BCUT2D eigenvalue weighted by atomic mass is 35.5. The lowest BCUT2D eigenvalue weighted by atomic mass is 10.1. The van der Waals surface area contributed by atoms with Gasteiger partial charge in [-0.05, 0) is 18.2 Å². The summed E-state index contributed by atoms with van der Waals surface area (Å²) in [6.45, 7) is 0.186. The summed E-state index contributed by atoms with van der Waals surface area (Å²) >= 11 is 6.07. The zero-order chi connectivity index (χ0) is 14.9. The van der Waals surface area contributed by atoms with Gasteiger partial charge in [0.1, 0.15) is 0 Å². The molecule has 0 saturated carbocycles. The molecule has 7 heteroatoms. The Morgan fingerprint density at radius 3 is 2.70 bits per heavy atom. The Labute approximate surface area is 120 Å². The van der Waals surface area contributed by atoms with E-state index in [0.717, 1.165) is 0 Å². The van der Waals surface area contributed by atoms with Crippen LogP contribution in [0.5, 0.6) is 0 Å². The summed E-state index contributed by atoms with van der Waals surface area (Å²) in [7, 11) is 1.51. The second-order valence-electron chi connectivity index (χ2n) is 4.55. The lowest BCUT2D eigenvalue weighted by Gasteiger charge is -2.18. The second-order valence-corrected chi connectivity index (χ2v) is 4.96. The summed E-state index contributed by atoms with van der Waals surface area (Å²) < 4.78 is 0. The van der Waals surface area contributed by atoms with Crippen LogP contribution < -0.4 is 16.0 Å². The third-order valence-corrected chi connectivity index (χ3v) is 3.57. The van der Waals surface area contributed by atoms with Crippen LogP contribution in [0.1, 0.15) is 16.8 Å². The molecule has 1 aromatic carbocycles. The molecule has 1 aromatic rings. The monoisotopic (exact) mass is 295 g/mol. The number of nitrogens with zero attached hydrogens (tertiary/aromatic N) is 1. The minimum Gasteiger partial charge on any atom is -0.369 e. The number of benzene rings is 1. The maximum atomic E-state index is 12.0. The van der Waals surface area contributed by atoms with Gasteiger partial charge in [-0.25, -0.2) is 0 Å². The van der Waals surface area contributed by atoms with Crippen molar-refractivity contribution < 1.29 is 14.4 Å². The number of carbonyl (C=O) groups excluding carboxylic acids is 3. The molecule has 0 aliphatic carbocycles. The first-order valence-electron chi connectivity index (χ1n) is 6.05. The zero-order valence-electron chi connectivity index (χ0n) is 10.9. The van der Waals surface area contributed by atoms with E-state index in [0.29, 0.717) is 16.3 Å². The number of hydrogen-bond acceptors (Lipinski definition) is 3. The van der Waals surface area contributed by atoms with Gasteiger partial charge in [0, 0.05) is 25.6 Å². The summed E-state index contributed by atoms with van der Waals surface area (Å²) in [5, 5.41) is 2.84. The molecule has 0 aromatic heterocycles. The lowest BCUT2D eigenvalue weighted by molar-refractivity contribution is -0.123. The van der Waals surface area contributed by atoms with Crippen molar-refractivity contribution in [3.8, 4) is 0 Å². The van der Waals surface area contributed by atoms with Gasteiger partial charge in [-0.1, -0.05) is 11.6 Å². The number of nitrogens with one attached hydrogen (secondary N) is 1. The van der Waals surface area contributed by atoms with E-state index in [1.54, 1.807) is 12.1 Å². The Balaban J connectivity index is 2.35. The molecule has 1 aliphatic rings. The molecule has 2 rings (SSSR count). The molecular formula is C13H14ClN3O3. The average Bonchev–Trinajstić information content (AvgIpc) is 2.80. The van der Waals surface area contributed by atoms with Crippen molar-refractivity contribution in [2.24, 2.45) is 11.7 Å². The number of primary amides is 1. The molecule has 20 heavy (non-hydrogen) atoms. The quantitative estimate of drug-likeness (QED) is 0.852. The van der Waals surface area contributed by atoms with Crippen LogP contribution in [-0.4, -0.2) is 31.3 Å². The molecule has 1 saturated heterocycles. The summed E-state index contributed by atoms with van der Waals surface area (Å²) in [5.41, 5.74) is 6.03. The van der Waals surface area contributed by atoms with E-state index < -0.39 is 11.8 Å². The fourth-order valence-electron chi connectivity index (χ4n) is 2.14. The molecule has 0 spiro atoms. The minimum absolute atomic E-state index is 0.0653. The van der Waals surface area contributed by atoms with Crippen molar-refractivity contribution >= 4 is 35.0 Å². The average molecular weight is 296 g/mol. The van der Waals surface area contributed by atoms with E-state index in [1.807, 2.05) is 0 Å². The number of rotatable bonds is 3. The molecule has 1 atom stereocenters. The van der Waals surface area contributed by atoms with Crippen molar-refractivity contribution in [1.29, 1.82) is 0 Å². The lowest BCUT2D eigenvalue weighted by Crippen LogP contribution is -2.29. The first-order chi connectivity index (χ1) is 9.43. The molecule has 106 valence electrons. The maximum Gasteiger partial charge on any atom is 0.251 e. The van der Waals surface area contributed by atoms with E-state index in [-0.39, 0.29) is 24.8 Å². The standard InChI is InChI=1S/C13H14ClN3O3/c1-16-13(20)7-2-3-9(14)10(4-7)17-6-8(12(15)19)5-11(17)18/h2-4,8H,5-6H2,1H3,(H2,15,19)(H,16,20). The minimum atomic E-state index is -0.526. The third-order valence-electron chi connectivity index (χ3n) is 3.25. The second kappa shape index (κ2) is 5.50. The Bertz CT molecular complexity index is 588. The molecule has 1 heterocycles. The number of amides is 3. The van der Waals surface area contributed by atoms with Crippen molar-refractivity contribution in [1.82, 2.24) is 5.32 Å². The van der Waals surface area contributed by atoms with Crippen molar-refractivity contribution in [2.45, 2.75) is 6.42 Å². The van der Waals surface area contributed by atoms with Crippen LogP contribution in [0.2, 0.25) is 5.02 Å². The zero-order valence-corrected chi connectivity index (χ0v) is 11.6. The summed E-state index contributed by atoms with van der Waals surface area (Å²) in [6, 6.07) is 4.64. The van der Waals surface area contributed by atoms with E-state index in [2.05, 4.69) is 5.32 Å². The Morgan fingerprint density at radius 1 is 1.45 bits per heavy atom. The van der Waals surface area contributed by atoms with Gasteiger partial charge in [0.25, 0.3) is 5.91 Å². The molecular weight excluding hydrogens is 282 g/mol. The predicted octanol–water partition coefficient (Wildman–Crippen LogP) is 0.538. The summed E-state index contributed by atoms with van der Waals surface area (Å²) in [4.78, 5) is 36.1. The summed E-state index contributed by atoms with van der Waals surface area (Å²) in [5.74, 6) is -1.55. The highest BCUT2D eigenvalue weighted by molar-refractivity contribution is 6.34. The largest absolute Gasteiger partial charge is 0.369 e. The van der Waals surface area contributed by atoms with Crippen LogP contribution in [0.4, 0.5) is 5.69 Å². The van der Waals surface area contributed by atoms with Gasteiger partial charge < -0.3 is 16.0 Å². The number of halogens is 1. The van der Waals surface area contributed by atoms with Crippen LogP contribution in [-0.2, 0) is 9.59 Å². The van der Waals surface area contributed by atoms with E-state index in [9.17, 15) is 14.4 Å². The smallest absolute Gasteiger partial charge is 0.251 e. The molecule has 1 fully saturated rings. The van der Waals surface area contributed by atoms with Gasteiger partial charge in [0.2, 0.25) is 11.8 Å². The highest BCUT2D eigenvalue weighted by Gasteiger charge is 2.35. The van der Waals surface area contributed by atoms with Crippen LogP contribution in [0.3, 0.4) is 0 Å². The van der Waals surface area contributed by atoms with Gasteiger partial charge in [-0.15, -0.1) is 0 Å². The van der Waals surface area contributed by atoms with E-state index in [4.69, 9.17) is 17.3 Å². The first kappa shape index (κ1) is 14.3. The predicted molar refractivity (Wildman–Crippen MR) is 74.5 cm³/mol. The topological polar surface area (TPSA) is 92.5 Å². The molecule has 3 amide bonds. The normalized spacial score (nSPS) is 18.2. The van der Waals surface area contributed by atoms with Crippen molar-refractivity contribution in [3.05, 3.63) is 28.8 Å². The van der Waals surface area contributed by atoms with Crippen LogP contribution in [0.15, 0.2) is 18.2 Å². The first-order valence-corrected chi connectivity index (χ1v) is 6.43. The van der Waals surface area contributed by atoms with E-state index in [1.165, 1.54) is 18.0 Å². The summed E-state index contributed by atoms with van der Waals surface area (Å²) in [6.07, 6.45) is 0.0653. The van der Waals surface area contributed by atoms with Gasteiger partial charge in [-0.3, -0.25) is 14.4 Å². The van der Waals surface area contributed by atoms with E-state index >= 15 is 0 Å². The molecule has 3 N–H and O–H groups in total. The molecule has 0 radical (unpaired) electrons. The molecule has 1 unspecified atom stereocenters. The van der Waals surface area contributed by atoms with Crippen LogP contribution in [0.25, 0.3) is 0 Å². The Kier molecular flexibility index (Phi) is 3.94. The maximum absolute atomic E-state index is 12.0. The molecule has 6 nitrogen and oxygen atoms in total. The molecule has 0 bridgehead atoms. The van der Waals surface area contributed by atoms with Gasteiger partial charge in [0.05, 0.1) is 16.6 Å². The number of nitrogens with two attached hydrogens (primary N) is 1. The Morgan fingerprint density at radius 2 is 2.15 bits per heavy atom. The van der Waals surface area contributed by atoms with Gasteiger partial charge >= 0.3 is 0 Å². The fourth-order valence-corrected chi connectivity index (χ4v) is 2.36. The van der Waals surface area contributed by atoms with Crippen LogP contribution in [0, 0.1) is 5.92 Å². The SMILES string of the molecule is CNC(=O)c1ccc(Cl)c(N2CC(C(N)=O)CC2=O)c1. The van der Waals surface area contributed by atoms with Crippen molar-refractivity contribution in [2.75, 3.05) is 18.5 Å².